The minimum Gasteiger partial charge on any atom is -0.494 e. The topological polar surface area (TPSA) is 72.5 Å². The molecule has 0 saturated carbocycles. The van der Waals surface area contributed by atoms with Crippen LogP contribution in [-0.4, -0.2) is 38.5 Å². The van der Waals surface area contributed by atoms with E-state index in [1.165, 1.54) is 0 Å². The second-order valence-corrected chi connectivity index (χ2v) is 7.66. The Kier molecular flexibility index (Phi) is 5.22. The van der Waals surface area contributed by atoms with Crippen molar-refractivity contribution in [3.63, 3.8) is 0 Å². The molecular formula is C15H21NO4S. The van der Waals surface area contributed by atoms with E-state index in [0.717, 1.165) is 11.3 Å². The summed E-state index contributed by atoms with van der Waals surface area (Å²) in [5, 5.41) is 2.77. The average molecular weight is 311 g/mol. The Labute approximate surface area is 125 Å². The second-order valence-electron chi connectivity index (χ2n) is 5.44. The van der Waals surface area contributed by atoms with Crippen molar-refractivity contribution in [2.45, 2.75) is 32.2 Å². The quantitative estimate of drug-likeness (QED) is 0.807. The fourth-order valence-corrected chi connectivity index (χ4v) is 4.01. The number of sulfone groups is 1. The molecule has 1 heterocycles. The van der Waals surface area contributed by atoms with Gasteiger partial charge < -0.3 is 10.1 Å². The van der Waals surface area contributed by atoms with Gasteiger partial charge >= 0.3 is 0 Å². The minimum atomic E-state index is -2.95. The summed E-state index contributed by atoms with van der Waals surface area (Å²) in [4.78, 5) is 11.7. The summed E-state index contributed by atoms with van der Waals surface area (Å²) in [5.41, 5.74) is 1.13. The van der Waals surface area contributed by atoms with Crippen molar-refractivity contribution in [1.29, 1.82) is 0 Å². The molecule has 6 heteroatoms. The summed E-state index contributed by atoms with van der Waals surface area (Å²) in [5.74, 6) is 0.940. The molecule has 0 radical (unpaired) electrons. The second kappa shape index (κ2) is 6.93. The number of amides is 1. The number of benzene rings is 1. The van der Waals surface area contributed by atoms with Gasteiger partial charge in [0.2, 0.25) is 5.91 Å². The van der Waals surface area contributed by atoms with Crippen LogP contribution in [0.3, 0.4) is 0 Å². The molecule has 2 rings (SSSR count). The molecule has 0 aliphatic carbocycles. The third-order valence-electron chi connectivity index (χ3n) is 3.40. The first kappa shape index (κ1) is 15.8. The molecule has 21 heavy (non-hydrogen) atoms. The SMILES string of the molecule is Cc1cccc(OCCCC(=O)NC2CCS(=O)(=O)C2)c1. The van der Waals surface area contributed by atoms with Crippen LogP contribution in [0.25, 0.3) is 0 Å². The largest absolute Gasteiger partial charge is 0.494 e. The maximum Gasteiger partial charge on any atom is 0.220 e. The summed E-state index contributed by atoms with van der Waals surface area (Å²) in [6, 6.07) is 7.54. The maximum atomic E-state index is 11.7. The van der Waals surface area contributed by atoms with Crippen LogP contribution in [0.2, 0.25) is 0 Å². The number of carbonyl (C=O) groups excluding carboxylic acids is 1. The fourth-order valence-electron chi connectivity index (χ4n) is 2.34. The van der Waals surface area contributed by atoms with E-state index in [1.54, 1.807) is 0 Å². The lowest BCUT2D eigenvalue weighted by Crippen LogP contribution is -2.35. The van der Waals surface area contributed by atoms with Crippen molar-refractivity contribution in [3.05, 3.63) is 29.8 Å². The van der Waals surface area contributed by atoms with Gasteiger partial charge in [0.1, 0.15) is 5.75 Å². The van der Waals surface area contributed by atoms with Gasteiger partial charge in [-0.15, -0.1) is 0 Å². The van der Waals surface area contributed by atoms with E-state index >= 15 is 0 Å². The predicted molar refractivity (Wildman–Crippen MR) is 81.1 cm³/mol. The van der Waals surface area contributed by atoms with Gasteiger partial charge in [0.05, 0.1) is 18.1 Å². The smallest absolute Gasteiger partial charge is 0.220 e. The standard InChI is InChI=1S/C15H21NO4S/c1-12-4-2-5-14(10-12)20-8-3-6-15(17)16-13-7-9-21(18,19)11-13/h2,4-5,10,13H,3,6-9,11H2,1H3,(H,16,17). The molecule has 1 atom stereocenters. The van der Waals surface area contributed by atoms with Gasteiger partial charge in [0, 0.05) is 12.5 Å². The van der Waals surface area contributed by atoms with Crippen molar-refractivity contribution in [3.8, 4) is 5.75 Å². The number of hydrogen-bond donors (Lipinski definition) is 1. The van der Waals surface area contributed by atoms with E-state index in [1.807, 2.05) is 31.2 Å². The Morgan fingerprint density at radius 3 is 2.90 bits per heavy atom. The molecule has 1 aromatic carbocycles. The Hall–Kier alpha value is -1.56. The van der Waals surface area contributed by atoms with E-state index in [4.69, 9.17) is 4.74 Å². The molecule has 116 valence electrons. The monoisotopic (exact) mass is 311 g/mol. The highest BCUT2D eigenvalue weighted by Gasteiger charge is 2.28. The van der Waals surface area contributed by atoms with Crippen LogP contribution < -0.4 is 10.1 Å². The number of carbonyl (C=O) groups is 1. The number of rotatable bonds is 6. The molecule has 1 aromatic rings. The normalized spacial score (nSPS) is 20.1. The zero-order chi connectivity index (χ0) is 15.3. The first-order valence-electron chi connectivity index (χ1n) is 7.14. The van der Waals surface area contributed by atoms with E-state index < -0.39 is 9.84 Å². The highest BCUT2D eigenvalue weighted by atomic mass is 32.2. The van der Waals surface area contributed by atoms with Crippen molar-refractivity contribution in [1.82, 2.24) is 5.32 Å². The zero-order valence-electron chi connectivity index (χ0n) is 12.2. The molecule has 1 N–H and O–H groups in total. The van der Waals surface area contributed by atoms with Crippen molar-refractivity contribution in [2.75, 3.05) is 18.1 Å². The first-order valence-corrected chi connectivity index (χ1v) is 8.96. The molecule has 1 fully saturated rings. The Morgan fingerprint density at radius 1 is 1.43 bits per heavy atom. The molecule has 1 amide bonds. The summed E-state index contributed by atoms with van der Waals surface area (Å²) in [6.45, 7) is 2.47. The van der Waals surface area contributed by atoms with Crippen LogP contribution in [0.1, 0.15) is 24.8 Å². The third kappa shape index (κ3) is 5.38. The minimum absolute atomic E-state index is 0.0680. The van der Waals surface area contributed by atoms with Crippen molar-refractivity contribution < 1.29 is 17.9 Å². The Balaban J connectivity index is 1.64. The van der Waals surface area contributed by atoms with Gasteiger partial charge in [0.25, 0.3) is 0 Å². The van der Waals surface area contributed by atoms with E-state index in [0.29, 0.717) is 25.9 Å². The van der Waals surface area contributed by atoms with Crippen molar-refractivity contribution in [2.24, 2.45) is 0 Å². The molecular weight excluding hydrogens is 290 g/mol. The first-order chi connectivity index (χ1) is 9.94. The van der Waals surface area contributed by atoms with Crippen LogP contribution in [-0.2, 0) is 14.6 Å². The molecule has 0 spiro atoms. The highest BCUT2D eigenvalue weighted by molar-refractivity contribution is 7.91. The Morgan fingerprint density at radius 2 is 2.24 bits per heavy atom. The van der Waals surface area contributed by atoms with Crippen LogP contribution in [0.5, 0.6) is 5.75 Å². The molecule has 5 nitrogen and oxygen atoms in total. The van der Waals surface area contributed by atoms with E-state index in [-0.39, 0.29) is 23.5 Å². The molecule has 1 unspecified atom stereocenters. The summed E-state index contributed by atoms with van der Waals surface area (Å²) in [7, 11) is -2.95. The van der Waals surface area contributed by atoms with E-state index in [2.05, 4.69) is 5.32 Å². The molecule has 0 aromatic heterocycles. The predicted octanol–water partition coefficient (Wildman–Crippen LogP) is 1.46. The molecule has 1 aliphatic heterocycles. The van der Waals surface area contributed by atoms with Gasteiger partial charge in [-0.25, -0.2) is 8.42 Å². The van der Waals surface area contributed by atoms with Gasteiger partial charge in [0.15, 0.2) is 9.84 Å². The molecule has 1 saturated heterocycles. The number of hydrogen-bond acceptors (Lipinski definition) is 4. The molecule has 0 bridgehead atoms. The van der Waals surface area contributed by atoms with Crippen LogP contribution in [0, 0.1) is 6.92 Å². The lowest BCUT2D eigenvalue weighted by Gasteiger charge is -2.11. The van der Waals surface area contributed by atoms with Crippen molar-refractivity contribution >= 4 is 15.7 Å². The van der Waals surface area contributed by atoms with Gasteiger partial charge in [-0.3, -0.25) is 4.79 Å². The lowest BCUT2D eigenvalue weighted by atomic mass is 10.2. The van der Waals surface area contributed by atoms with Crippen LogP contribution in [0.15, 0.2) is 24.3 Å². The number of nitrogens with one attached hydrogen (secondary N) is 1. The summed E-state index contributed by atoms with van der Waals surface area (Å²) < 4.78 is 28.2. The van der Waals surface area contributed by atoms with E-state index in [9.17, 15) is 13.2 Å². The van der Waals surface area contributed by atoms with Gasteiger partial charge in [-0.1, -0.05) is 12.1 Å². The molecule has 1 aliphatic rings. The highest BCUT2D eigenvalue weighted by Crippen LogP contribution is 2.13. The van der Waals surface area contributed by atoms with Gasteiger partial charge in [-0.2, -0.15) is 0 Å². The third-order valence-corrected chi connectivity index (χ3v) is 5.17. The zero-order valence-corrected chi connectivity index (χ0v) is 13.0. The van der Waals surface area contributed by atoms with Crippen LogP contribution >= 0.6 is 0 Å². The summed E-state index contributed by atoms with van der Waals surface area (Å²) in [6.07, 6.45) is 1.48. The lowest BCUT2D eigenvalue weighted by molar-refractivity contribution is -0.121. The number of aryl methyl sites for hydroxylation is 1. The fraction of sp³-hybridized carbons (Fsp3) is 0.533. The Bertz CT molecular complexity index is 597. The van der Waals surface area contributed by atoms with Crippen LogP contribution in [0.4, 0.5) is 0 Å². The maximum absolute atomic E-state index is 11.7. The average Bonchev–Trinajstić information content (AvgIpc) is 2.74. The number of ether oxygens (including phenoxy) is 1. The van der Waals surface area contributed by atoms with Gasteiger partial charge in [-0.05, 0) is 37.5 Å². The summed E-state index contributed by atoms with van der Waals surface area (Å²) >= 11 is 0.